The summed E-state index contributed by atoms with van der Waals surface area (Å²) in [6.45, 7) is 6.56. The van der Waals surface area contributed by atoms with E-state index in [9.17, 15) is 9.18 Å². The number of likely N-dealkylation sites (N-methyl/N-ethyl adjacent to an activating group) is 1. The minimum atomic E-state index is -0.217. The standard InChI is InChI=1S/C16H24FN3O/c1-4-18-12(2)16-13(17)7-5-8-14(16)20-10-6-9-19(3)15(21)11-20/h5,7-8,12,18H,4,6,9-11H2,1-3H3. The van der Waals surface area contributed by atoms with Gasteiger partial charge in [-0.25, -0.2) is 4.39 Å². The lowest BCUT2D eigenvalue weighted by molar-refractivity contribution is -0.127. The summed E-state index contributed by atoms with van der Waals surface area (Å²) < 4.78 is 14.3. The quantitative estimate of drug-likeness (QED) is 0.924. The fraction of sp³-hybridized carbons (Fsp3) is 0.562. The predicted molar refractivity (Wildman–Crippen MR) is 83.0 cm³/mol. The third-order valence-electron chi connectivity index (χ3n) is 3.99. The maximum absolute atomic E-state index is 14.3. The van der Waals surface area contributed by atoms with Crippen LogP contribution in [0, 0.1) is 5.82 Å². The first-order valence-electron chi connectivity index (χ1n) is 7.55. The second kappa shape index (κ2) is 6.89. The largest absolute Gasteiger partial charge is 0.362 e. The molecule has 1 N–H and O–H groups in total. The van der Waals surface area contributed by atoms with Crippen LogP contribution in [0.25, 0.3) is 0 Å². The highest BCUT2D eigenvalue weighted by Crippen LogP contribution is 2.29. The third-order valence-corrected chi connectivity index (χ3v) is 3.99. The van der Waals surface area contributed by atoms with E-state index in [0.717, 1.165) is 31.7 Å². The highest BCUT2D eigenvalue weighted by molar-refractivity contribution is 5.82. The van der Waals surface area contributed by atoms with Gasteiger partial charge in [0.1, 0.15) is 5.82 Å². The van der Waals surface area contributed by atoms with E-state index < -0.39 is 0 Å². The fourth-order valence-electron chi connectivity index (χ4n) is 2.83. The van der Waals surface area contributed by atoms with E-state index in [1.54, 1.807) is 11.0 Å². The van der Waals surface area contributed by atoms with E-state index in [1.807, 2.05) is 31.9 Å². The summed E-state index contributed by atoms with van der Waals surface area (Å²) >= 11 is 0. The van der Waals surface area contributed by atoms with Gasteiger partial charge in [-0.05, 0) is 32.0 Å². The van der Waals surface area contributed by atoms with E-state index >= 15 is 0 Å². The number of carbonyl (C=O) groups excluding carboxylic acids is 1. The van der Waals surface area contributed by atoms with Crippen LogP contribution in [-0.2, 0) is 4.79 Å². The van der Waals surface area contributed by atoms with Crippen LogP contribution in [0.4, 0.5) is 10.1 Å². The van der Waals surface area contributed by atoms with Gasteiger partial charge in [0.15, 0.2) is 0 Å². The first-order chi connectivity index (χ1) is 10.0. The Labute approximate surface area is 125 Å². The zero-order valence-corrected chi connectivity index (χ0v) is 13.0. The Kier molecular flexibility index (Phi) is 5.17. The van der Waals surface area contributed by atoms with E-state index in [2.05, 4.69) is 5.32 Å². The average molecular weight is 293 g/mol. The molecule has 0 saturated carbocycles. The van der Waals surface area contributed by atoms with Crippen molar-refractivity contribution in [3.8, 4) is 0 Å². The van der Waals surface area contributed by atoms with Gasteiger partial charge in [0, 0.05) is 37.4 Å². The summed E-state index contributed by atoms with van der Waals surface area (Å²) in [5.41, 5.74) is 1.48. The topological polar surface area (TPSA) is 35.6 Å². The van der Waals surface area contributed by atoms with E-state index in [4.69, 9.17) is 0 Å². The van der Waals surface area contributed by atoms with E-state index in [-0.39, 0.29) is 17.8 Å². The minimum absolute atomic E-state index is 0.0812. The number of nitrogens with one attached hydrogen (secondary N) is 1. The van der Waals surface area contributed by atoms with Gasteiger partial charge in [-0.15, -0.1) is 0 Å². The minimum Gasteiger partial charge on any atom is -0.362 e. The molecule has 0 spiro atoms. The molecule has 1 fully saturated rings. The Balaban J connectivity index is 2.34. The zero-order chi connectivity index (χ0) is 15.4. The molecular formula is C16H24FN3O. The van der Waals surface area contributed by atoms with Gasteiger partial charge in [0.2, 0.25) is 5.91 Å². The smallest absolute Gasteiger partial charge is 0.241 e. The van der Waals surface area contributed by atoms with Gasteiger partial charge in [0.05, 0.1) is 6.54 Å². The molecule has 0 aromatic heterocycles. The summed E-state index contributed by atoms with van der Waals surface area (Å²) in [5.74, 6) is -0.134. The molecule has 1 amide bonds. The summed E-state index contributed by atoms with van der Waals surface area (Å²) in [5, 5.41) is 3.26. The first-order valence-corrected chi connectivity index (χ1v) is 7.55. The van der Waals surface area contributed by atoms with E-state index in [1.165, 1.54) is 6.07 Å². The molecule has 0 aliphatic carbocycles. The SMILES string of the molecule is CCNC(C)c1c(F)cccc1N1CCCN(C)C(=O)C1. The highest BCUT2D eigenvalue weighted by Gasteiger charge is 2.24. The molecule has 1 aromatic rings. The Morgan fingerprint density at radius 2 is 2.14 bits per heavy atom. The van der Waals surface area contributed by atoms with Crippen LogP contribution in [0.1, 0.15) is 31.9 Å². The van der Waals surface area contributed by atoms with Gasteiger partial charge < -0.3 is 15.1 Å². The number of carbonyl (C=O) groups is 1. The third kappa shape index (κ3) is 3.53. The molecule has 1 aliphatic rings. The van der Waals surface area contributed by atoms with Crippen molar-refractivity contribution in [3.05, 3.63) is 29.6 Å². The lowest BCUT2D eigenvalue weighted by atomic mass is 10.0. The van der Waals surface area contributed by atoms with Gasteiger partial charge >= 0.3 is 0 Å². The summed E-state index contributed by atoms with van der Waals surface area (Å²) in [6.07, 6.45) is 0.897. The van der Waals surface area contributed by atoms with Crippen LogP contribution in [0.3, 0.4) is 0 Å². The predicted octanol–water partition coefficient (Wildman–Crippen LogP) is 2.16. The molecule has 0 radical (unpaired) electrons. The lowest BCUT2D eigenvalue weighted by Crippen LogP contribution is -2.35. The maximum atomic E-state index is 14.3. The maximum Gasteiger partial charge on any atom is 0.241 e. The fourth-order valence-corrected chi connectivity index (χ4v) is 2.83. The van der Waals surface area contributed by atoms with Crippen molar-refractivity contribution in [1.29, 1.82) is 0 Å². The molecule has 2 rings (SSSR count). The summed E-state index contributed by atoms with van der Waals surface area (Å²) in [4.78, 5) is 15.8. The molecule has 1 heterocycles. The second-order valence-electron chi connectivity index (χ2n) is 5.54. The van der Waals surface area contributed by atoms with Crippen LogP contribution in [0.2, 0.25) is 0 Å². The molecule has 5 heteroatoms. The molecule has 1 aliphatic heterocycles. The number of benzene rings is 1. The second-order valence-corrected chi connectivity index (χ2v) is 5.54. The molecular weight excluding hydrogens is 269 g/mol. The molecule has 1 unspecified atom stereocenters. The van der Waals surface area contributed by atoms with Crippen molar-refractivity contribution in [1.82, 2.24) is 10.2 Å². The lowest BCUT2D eigenvalue weighted by Gasteiger charge is -2.27. The van der Waals surface area contributed by atoms with Crippen molar-refractivity contribution in [2.75, 3.05) is 38.1 Å². The van der Waals surface area contributed by atoms with Gasteiger partial charge in [-0.3, -0.25) is 4.79 Å². The number of anilines is 1. The Morgan fingerprint density at radius 3 is 2.86 bits per heavy atom. The van der Waals surface area contributed by atoms with Crippen molar-refractivity contribution >= 4 is 11.6 Å². The number of hydrogen-bond acceptors (Lipinski definition) is 3. The summed E-state index contributed by atoms with van der Waals surface area (Å²) in [7, 11) is 1.82. The number of halogens is 1. The molecule has 1 aromatic carbocycles. The van der Waals surface area contributed by atoms with Crippen molar-refractivity contribution in [2.24, 2.45) is 0 Å². The Morgan fingerprint density at radius 1 is 1.38 bits per heavy atom. The van der Waals surface area contributed by atoms with Crippen molar-refractivity contribution < 1.29 is 9.18 Å². The van der Waals surface area contributed by atoms with Crippen LogP contribution in [0.5, 0.6) is 0 Å². The van der Waals surface area contributed by atoms with Gasteiger partial charge in [-0.1, -0.05) is 13.0 Å². The van der Waals surface area contributed by atoms with Gasteiger partial charge in [0.25, 0.3) is 0 Å². The molecule has 1 saturated heterocycles. The average Bonchev–Trinajstić information content (AvgIpc) is 2.61. The van der Waals surface area contributed by atoms with E-state index in [0.29, 0.717) is 12.1 Å². The number of hydrogen-bond donors (Lipinski definition) is 1. The van der Waals surface area contributed by atoms with Crippen molar-refractivity contribution in [2.45, 2.75) is 26.3 Å². The molecule has 21 heavy (non-hydrogen) atoms. The highest BCUT2D eigenvalue weighted by atomic mass is 19.1. The Bertz CT molecular complexity index is 506. The van der Waals surface area contributed by atoms with Gasteiger partial charge in [-0.2, -0.15) is 0 Å². The number of rotatable bonds is 4. The number of nitrogens with zero attached hydrogens (tertiary/aromatic N) is 2. The Hall–Kier alpha value is -1.62. The van der Waals surface area contributed by atoms with Crippen LogP contribution < -0.4 is 10.2 Å². The molecule has 1 atom stereocenters. The monoisotopic (exact) mass is 293 g/mol. The molecule has 0 bridgehead atoms. The summed E-state index contributed by atoms with van der Waals surface area (Å²) in [6, 6.07) is 5.03. The van der Waals surface area contributed by atoms with Crippen LogP contribution in [0.15, 0.2) is 18.2 Å². The normalized spacial score (nSPS) is 17.8. The first kappa shape index (κ1) is 15.8. The molecule has 116 valence electrons. The van der Waals surface area contributed by atoms with Crippen molar-refractivity contribution in [3.63, 3.8) is 0 Å². The molecule has 4 nitrogen and oxygen atoms in total. The van der Waals surface area contributed by atoms with Crippen LogP contribution >= 0.6 is 0 Å². The zero-order valence-electron chi connectivity index (χ0n) is 13.0. The number of amides is 1. The van der Waals surface area contributed by atoms with Crippen LogP contribution in [-0.4, -0.2) is 44.0 Å².